The smallest absolute Gasteiger partial charge is 0.326 e. The number of nitrogens with one attached hydrogen (secondary N) is 1. The fourth-order valence-corrected chi connectivity index (χ4v) is 3.64. The summed E-state index contributed by atoms with van der Waals surface area (Å²) >= 11 is 0. The van der Waals surface area contributed by atoms with Gasteiger partial charge in [-0.3, -0.25) is 4.79 Å². The zero-order valence-electron chi connectivity index (χ0n) is 13.4. The molecule has 1 aliphatic heterocycles. The van der Waals surface area contributed by atoms with Crippen LogP contribution in [0.4, 0.5) is 0 Å². The maximum absolute atomic E-state index is 12.4. The third kappa shape index (κ3) is 3.96. The highest BCUT2D eigenvalue weighted by molar-refractivity contribution is 5.81. The van der Waals surface area contributed by atoms with Gasteiger partial charge in [0.05, 0.1) is 19.3 Å². The molecule has 0 aromatic rings. The van der Waals surface area contributed by atoms with Crippen molar-refractivity contribution in [3.05, 3.63) is 0 Å². The maximum Gasteiger partial charge on any atom is 0.326 e. The molecule has 1 N–H and O–H groups in total. The molecule has 2 aliphatic rings. The van der Waals surface area contributed by atoms with Gasteiger partial charge in [-0.15, -0.1) is 0 Å². The van der Waals surface area contributed by atoms with Crippen LogP contribution in [0.2, 0.25) is 0 Å². The van der Waals surface area contributed by atoms with Gasteiger partial charge in [0.25, 0.3) is 0 Å². The molecule has 1 aliphatic carbocycles. The Morgan fingerprint density at radius 3 is 2.90 bits per heavy atom. The summed E-state index contributed by atoms with van der Waals surface area (Å²) in [5.41, 5.74) is -0.500. The van der Waals surface area contributed by atoms with Crippen molar-refractivity contribution in [2.75, 3.05) is 33.0 Å². The molecule has 5 nitrogen and oxygen atoms in total. The first-order valence-corrected chi connectivity index (χ1v) is 8.34. The molecule has 1 saturated carbocycles. The standard InChI is InChI=1S/C16H29NO4/c1-3-17-16(15(18)20-4-2)9-5-6-13(16)7-11-21-14-8-10-19-12-14/h13-14,17H,3-12H2,1-2H3. The first-order chi connectivity index (χ1) is 10.2. The molecule has 1 saturated heterocycles. The number of likely N-dealkylation sites (N-methyl/N-ethyl adjacent to an activating group) is 1. The Balaban J connectivity index is 1.89. The summed E-state index contributed by atoms with van der Waals surface area (Å²) in [6.45, 7) is 7.35. The Labute approximate surface area is 127 Å². The summed E-state index contributed by atoms with van der Waals surface area (Å²) in [5.74, 6) is 0.220. The molecule has 0 amide bonds. The molecule has 2 rings (SSSR count). The van der Waals surface area contributed by atoms with E-state index >= 15 is 0 Å². The number of hydrogen-bond donors (Lipinski definition) is 1. The number of carbonyl (C=O) groups is 1. The van der Waals surface area contributed by atoms with Crippen LogP contribution < -0.4 is 5.32 Å². The van der Waals surface area contributed by atoms with Crippen molar-refractivity contribution in [1.82, 2.24) is 5.32 Å². The summed E-state index contributed by atoms with van der Waals surface area (Å²) < 4.78 is 16.5. The molecular formula is C16H29NO4. The van der Waals surface area contributed by atoms with Gasteiger partial charge in [-0.1, -0.05) is 13.3 Å². The van der Waals surface area contributed by atoms with Crippen LogP contribution in [-0.4, -0.2) is 50.6 Å². The molecule has 122 valence electrons. The van der Waals surface area contributed by atoms with Gasteiger partial charge in [-0.2, -0.15) is 0 Å². The molecular weight excluding hydrogens is 270 g/mol. The fraction of sp³-hybridized carbons (Fsp3) is 0.938. The second-order valence-corrected chi connectivity index (χ2v) is 5.96. The van der Waals surface area contributed by atoms with Gasteiger partial charge in [-0.25, -0.2) is 0 Å². The van der Waals surface area contributed by atoms with E-state index in [1.54, 1.807) is 0 Å². The lowest BCUT2D eigenvalue weighted by Gasteiger charge is -2.34. The number of ether oxygens (including phenoxy) is 3. The maximum atomic E-state index is 12.4. The quantitative estimate of drug-likeness (QED) is 0.694. The second-order valence-electron chi connectivity index (χ2n) is 5.96. The van der Waals surface area contributed by atoms with E-state index in [-0.39, 0.29) is 12.1 Å². The number of esters is 1. The van der Waals surface area contributed by atoms with E-state index in [0.29, 0.717) is 25.7 Å². The highest BCUT2D eigenvalue weighted by Crippen LogP contribution is 2.39. The molecule has 0 aromatic heterocycles. The third-order valence-electron chi connectivity index (χ3n) is 4.66. The Bertz CT molecular complexity index is 330. The summed E-state index contributed by atoms with van der Waals surface area (Å²) in [4.78, 5) is 12.4. The van der Waals surface area contributed by atoms with Crippen molar-refractivity contribution in [1.29, 1.82) is 0 Å². The van der Waals surface area contributed by atoms with Gasteiger partial charge < -0.3 is 19.5 Å². The molecule has 0 bridgehead atoms. The van der Waals surface area contributed by atoms with Crippen LogP contribution >= 0.6 is 0 Å². The van der Waals surface area contributed by atoms with Crippen LogP contribution in [0.1, 0.15) is 46.0 Å². The number of carbonyl (C=O) groups excluding carboxylic acids is 1. The fourth-order valence-electron chi connectivity index (χ4n) is 3.64. The lowest BCUT2D eigenvalue weighted by Crippen LogP contribution is -2.55. The zero-order chi connectivity index (χ0) is 15.1. The van der Waals surface area contributed by atoms with Gasteiger partial charge in [0, 0.05) is 13.2 Å². The van der Waals surface area contributed by atoms with Gasteiger partial charge in [0.2, 0.25) is 0 Å². The first kappa shape index (κ1) is 16.7. The van der Waals surface area contributed by atoms with Crippen LogP contribution in [-0.2, 0) is 19.0 Å². The molecule has 21 heavy (non-hydrogen) atoms. The highest BCUT2D eigenvalue weighted by atomic mass is 16.5. The van der Waals surface area contributed by atoms with E-state index in [0.717, 1.165) is 45.3 Å². The average Bonchev–Trinajstić information content (AvgIpc) is 3.11. The summed E-state index contributed by atoms with van der Waals surface area (Å²) in [7, 11) is 0. The minimum atomic E-state index is -0.500. The van der Waals surface area contributed by atoms with E-state index in [4.69, 9.17) is 14.2 Å². The third-order valence-corrected chi connectivity index (χ3v) is 4.66. The van der Waals surface area contributed by atoms with Crippen molar-refractivity contribution in [2.24, 2.45) is 5.92 Å². The van der Waals surface area contributed by atoms with Crippen LogP contribution in [0.5, 0.6) is 0 Å². The summed E-state index contributed by atoms with van der Waals surface area (Å²) in [6, 6.07) is 0. The van der Waals surface area contributed by atoms with Crippen LogP contribution in [0.25, 0.3) is 0 Å². The molecule has 3 unspecified atom stereocenters. The molecule has 0 radical (unpaired) electrons. The van der Waals surface area contributed by atoms with Gasteiger partial charge in [-0.05, 0) is 45.1 Å². The lowest BCUT2D eigenvalue weighted by molar-refractivity contribution is -0.153. The summed E-state index contributed by atoms with van der Waals surface area (Å²) in [5, 5.41) is 3.42. The SMILES string of the molecule is CCNC1(C(=O)OCC)CCCC1CCOC1CCOC1. The minimum Gasteiger partial charge on any atom is -0.465 e. The number of rotatable bonds is 8. The summed E-state index contributed by atoms with van der Waals surface area (Å²) in [6.07, 6.45) is 5.14. The van der Waals surface area contributed by atoms with Crippen molar-refractivity contribution in [3.8, 4) is 0 Å². The molecule has 1 heterocycles. The van der Waals surface area contributed by atoms with Gasteiger partial charge in [0.1, 0.15) is 5.54 Å². The predicted octanol–water partition coefficient (Wildman–Crippen LogP) is 1.89. The van der Waals surface area contributed by atoms with Crippen molar-refractivity contribution in [2.45, 2.75) is 57.6 Å². The van der Waals surface area contributed by atoms with Gasteiger partial charge in [0.15, 0.2) is 0 Å². The largest absolute Gasteiger partial charge is 0.465 e. The first-order valence-electron chi connectivity index (χ1n) is 8.34. The van der Waals surface area contributed by atoms with E-state index in [9.17, 15) is 4.79 Å². The zero-order valence-corrected chi connectivity index (χ0v) is 13.4. The Morgan fingerprint density at radius 1 is 1.38 bits per heavy atom. The van der Waals surface area contributed by atoms with Crippen LogP contribution in [0.15, 0.2) is 0 Å². The van der Waals surface area contributed by atoms with Crippen LogP contribution in [0, 0.1) is 5.92 Å². The predicted molar refractivity (Wildman–Crippen MR) is 80.2 cm³/mol. The molecule has 0 aromatic carbocycles. The molecule has 2 fully saturated rings. The monoisotopic (exact) mass is 299 g/mol. The van der Waals surface area contributed by atoms with E-state index in [1.165, 1.54) is 0 Å². The van der Waals surface area contributed by atoms with E-state index in [2.05, 4.69) is 5.32 Å². The van der Waals surface area contributed by atoms with Crippen molar-refractivity contribution in [3.63, 3.8) is 0 Å². The minimum absolute atomic E-state index is 0.0847. The second kappa shape index (κ2) is 8.11. The molecule has 3 atom stereocenters. The topological polar surface area (TPSA) is 56.8 Å². The Morgan fingerprint density at radius 2 is 2.24 bits per heavy atom. The van der Waals surface area contributed by atoms with Gasteiger partial charge >= 0.3 is 5.97 Å². The lowest BCUT2D eigenvalue weighted by atomic mass is 9.84. The van der Waals surface area contributed by atoms with Crippen LogP contribution in [0.3, 0.4) is 0 Å². The van der Waals surface area contributed by atoms with Crippen molar-refractivity contribution >= 4 is 5.97 Å². The average molecular weight is 299 g/mol. The molecule has 0 spiro atoms. The van der Waals surface area contributed by atoms with E-state index in [1.807, 2.05) is 13.8 Å². The van der Waals surface area contributed by atoms with Crippen molar-refractivity contribution < 1.29 is 19.0 Å². The number of hydrogen-bond acceptors (Lipinski definition) is 5. The Hall–Kier alpha value is -0.650. The highest BCUT2D eigenvalue weighted by Gasteiger charge is 2.49. The Kier molecular flexibility index (Phi) is 6.45. The molecule has 5 heteroatoms. The van der Waals surface area contributed by atoms with E-state index < -0.39 is 5.54 Å². The normalized spacial score (nSPS) is 32.5.